The van der Waals surface area contributed by atoms with Crippen LogP contribution in [0.2, 0.25) is 0 Å². The van der Waals surface area contributed by atoms with Crippen LogP contribution < -0.4 is 0 Å². The summed E-state index contributed by atoms with van der Waals surface area (Å²) in [6, 6.07) is 0.420. The largest absolute Gasteiger partial charge is 0.395 e. The predicted molar refractivity (Wildman–Crippen MR) is 45.4 cm³/mol. The van der Waals surface area contributed by atoms with Crippen molar-refractivity contribution in [3.05, 3.63) is 0 Å². The fourth-order valence-electron chi connectivity index (χ4n) is 1.27. The van der Waals surface area contributed by atoms with Crippen molar-refractivity contribution in [1.29, 1.82) is 0 Å². The first-order chi connectivity index (χ1) is 4.88. The zero-order valence-corrected chi connectivity index (χ0v) is 7.23. The lowest BCUT2D eigenvalue weighted by molar-refractivity contribution is 0.145. The second kappa shape index (κ2) is 4.21. The molecule has 0 unspecified atom stereocenters. The van der Waals surface area contributed by atoms with Crippen LogP contribution in [0, 0.1) is 0 Å². The third-order valence-corrected chi connectivity index (χ3v) is 3.06. The topological polar surface area (TPSA) is 23.5 Å². The lowest BCUT2D eigenvalue weighted by Gasteiger charge is -2.32. The first-order valence-electron chi connectivity index (χ1n) is 3.81. The average Bonchev–Trinajstić information content (AvgIpc) is 2.04. The highest BCUT2D eigenvalue weighted by Crippen LogP contribution is 2.14. The van der Waals surface area contributed by atoms with Crippen molar-refractivity contribution >= 4 is 11.8 Å². The number of nitrogens with zero attached hydrogens (tertiary/aromatic N) is 1. The molecule has 0 bridgehead atoms. The SMILES string of the molecule is CCN1CCSC[C@H]1CO. The molecular weight excluding hydrogens is 146 g/mol. The van der Waals surface area contributed by atoms with Crippen LogP contribution in [-0.4, -0.2) is 47.3 Å². The van der Waals surface area contributed by atoms with Gasteiger partial charge in [0.25, 0.3) is 0 Å². The van der Waals surface area contributed by atoms with Gasteiger partial charge in [-0.15, -0.1) is 0 Å². The van der Waals surface area contributed by atoms with Crippen molar-refractivity contribution in [2.75, 3.05) is 31.2 Å². The maximum absolute atomic E-state index is 8.94. The summed E-state index contributed by atoms with van der Waals surface area (Å²) < 4.78 is 0. The highest BCUT2D eigenvalue weighted by molar-refractivity contribution is 7.99. The predicted octanol–water partition coefficient (Wildman–Crippen LogP) is 0.416. The van der Waals surface area contributed by atoms with E-state index >= 15 is 0 Å². The van der Waals surface area contributed by atoms with Crippen LogP contribution in [0.3, 0.4) is 0 Å². The summed E-state index contributed by atoms with van der Waals surface area (Å²) in [5.74, 6) is 2.33. The molecule has 1 aliphatic rings. The average molecular weight is 161 g/mol. The Balaban J connectivity index is 2.34. The number of aliphatic hydroxyl groups is 1. The van der Waals surface area contributed by atoms with Gasteiger partial charge in [0.05, 0.1) is 6.61 Å². The van der Waals surface area contributed by atoms with Gasteiger partial charge in [0, 0.05) is 24.1 Å². The summed E-state index contributed by atoms with van der Waals surface area (Å²) in [4.78, 5) is 2.34. The van der Waals surface area contributed by atoms with Crippen molar-refractivity contribution in [2.24, 2.45) is 0 Å². The van der Waals surface area contributed by atoms with E-state index in [0.717, 1.165) is 18.8 Å². The smallest absolute Gasteiger partial charge is 0.0594 e. The van der Waals surface area contributed by atoms with Gasteiger partial charge < -0.3 is 5.11 Å². The minimum Gasteiger partial charge on any atom is -0.395 e. The quantitative estimate of drug-likeness (QED) is 0.635. The summed E-state index contributed by atoms with van der Waals surface area (Å²) in [6.07, 6.45) is 0. The molecule has 1 aliphatic heterocycles. The Morgan fingerprint density at radius 3 is 3.00 bits per heavy atom. The Kier molecular flexibility index (Phi) is 3.52. The molecule has 3 heteroatoms. The first kappa shape index (κ1) is 8.37. The Morgan fingerprint density at radius 2 is 2.50 bits per heavy atom. The Morgan fingerprint density at radius 1 is 1.70 bits per heavy atom. The van der Waals surface area contributed by atoms with Crippen LogP contribution in [0.4, 0.5) is 0 Å². The summed E-state index contributed by atoms with van der Waals surface area (Å²) in [6.45, 7) is 4.69. The Labute approximate surface area is 66.6 Å². The van der Waals surface area contributed by atoms with Crippen LogP contribution in [0.1, 0.15) is 6.92 Å². The Bertz CT molecular complexity index is 87.6. The molecule has 2 nitrogen and oxygen atoms in total. The minimum absolute atomic E-state index is 0.320. The van der Waals surface area contributed by atoms with E-state index in [9.17, 15) is 0 Å². The number of hydrogen-bond donors (Lipinski definition) is 1. The summed E-state index contributed by atoms with van der Waals surface area (Å²) in [7, 11) is 0. The lowest BCUT2D eigenvalue weighted by atomic mass is 10.3. The molecule has 1 saturated heterocycles. The zero-order chi connectivity index (χ0) is 7.40. The third kappa shape index (κ3) is 1.87. The molecular formula is C7H15NOS. The van der Waals surface area contributed by atoms with E-state index in [0.29, 0.717) is 12.6 Å². The number of thioether (sulfide) groups is 1. The molecule has 0 aliphatic carbocycles. The minimum atomic E-state index is 0.320. The van der Waals surface area contributed by atoms with Gasteiger partial charge in [-0.3, -0.25) is 4.90 Å². The number of hydrogen-bond acceptors (Lipinski definition) is 3. The fraction of sp³-hybridized carbons (Fsp3) is 1.00. The molecule has 0 aromatic carbocycles. The molecule has 1 heterocycles. The van der Waals surface area contributed by atoms with E-state index in [1.54, 1.807) is 0 Å². The standard InChI is InChI=1S/C7H15NOS/c1-2-8-3-4-10-6-7(8)5-9/h7,9H,2-6H2,1H3/t7-/m1/s1. The summed E-state index contributed by atoms with van der Waals surface area (Å²) in [5, 5.41) is 8.94. The molecule has 1 fully saturated rings. The van der Waals surface area contributed by atoms with Gasteiger partial charge in [-0.2, -0.15) is 11.8 Å². The van der Waals surface area contributed by atoms with Crippen molar-refractivity contribution in [3.8, 4) is 0 Å². The number of aliphatic hydroxyl groups excluding tert-OH is 1. The third-order valence-electron chi connectivity index (χ3n) is 1.97. The van der Waals surface area contributed by atoms with Crippen molar-refractivity contribution in [2.45, 2.75) is 13.0 Å². The van der Waals surface area contributed by atoms with E-state index in [2.05, 4.69) is 11.8 Å². The number of rotatable bonds is 2. The van der Waals surface area contributed by atoms with Crippen LogP contribution in [0.25, 0.3) is 0 Å². The summed E-state index contributed by atoms with van der Waals surface area (Å²) >= 11 is 1.95. The van der Waals surface area contributed by atoms with Crippen molar-refractivity contribution in [3.63, 3.8) is 0 Å². The van der Waals surface area contributed by atoms with Gasteiger partial charge in [0.2, 0.25) is 0 Å². The van der Waals surface area contributed by atoms with Crippen LogP contribution in [0.5, 0.6) is 0 Å². The highest BCUT2D eigenvalue weighted by Gasteiger charge is 2.19. The second-order valence-electron chi connectivity index (χ2n) is 2.54. The van der Waals surface area contributed by atoms with E-state index in [1.807, 2.05) is 11.8 Å². The maximum Gasteiger partial charge on any atom is 0.0594 e. The molecule has 0 saturated carbocycles. The van der Waals surface area contributed by atoms with E-state index in [4.69, 9.17) is 5.11 Å². The molecule has 1 rings (SSSR count). The lowest BCUT2D eigenvalue weighted by Crippen LogP contribution is -2.44. The van der Waals surface area contributed by atoms with Crippen LogP contribution >= 0.6 is 11.8 Å². The summed E-state index contributed by atoms with van der Waals surface area (Å²) in [5.41, 5.74) is 0. The van der Waals surface area contributed by atoms with Gasteiger partial charge in [-0.1, -0.05) is 6.92 Å². The zero-order valence-electron chi connectivity index (χ0n) is 6.42. The van der Waals surface area contributed by atoms with Gasteiger partial charge in [0.15, 0.2) is 0 Å². The normalized spacial score (nSPS) is 28.8. The molecule has 0 spiro atoms. The molecule has 0 aromatic heterocycles. The second-order valence-corrected chi connectivity index (χ2v) is 3.69. The van der Waals surface area contributed by atoms with Gasteiger partial charge >= 0.3 is 0 Å². The van der Waals surface area contributed by atoms with Crippen molar-refractivity contribution < 1.29 is 5.11 Å². The van der Waals surface area contributed by atoms with Crippen molar-refractivity contribution in [1.82, 2.24) is 4.90 Å². The van der Waals surface area contributed by atoms with E-state index in [-0.39, 0.29) is 0 Å². The molecule has 60 valence electrons. The highest BCUT2D eigenvalue weighted by atomic mass is 32.2. The number of likely N-dealkylation sites (N-methyl/N-ethyl adjacent to an activating group) is 1. The molecule has 0 aromatic rings. The monoisotopic (exact) mass is 161 g/mol. The molecule has 0 amide bonds. The van der Waals surface area contributed by atoms with Crippen LogP contribution in [-0.2, 0) is 0 Å². The molecule has 1 N–H and O–H groups in total. The van der Waals surface area contributed by atoms with Gasteiger partial charge in [0.1, 0.15) is 0 Å². The molecule has 0 radical (unpaired) electrons. The molecule has 1 atom stereocenters. The van der Waals surface area contributed by atoms with E-state index < -0.39 is 0 Å². The van der Waals surface area contributed by atoms with Gasteiger partial charge in [-0.05, 0) is 6.54 Å². The van der Waals surface area contributed by atoms with Crippen LogP contribution in [0.15, 0.2) is 0 Å². The Hall–Kier alpha value is 0.270. The van der Waals surface area contributed by atoms with Gasteiger partial charge in [-0.25, -0.2) is 0 Å². The molecule has 10 heavy (non-hydrogen) atoms. The fourth-order valence-corrected chi connectivity index (χ4v) is 2.39. The first-order valence-corrected chi connectivity index (χ1v) is 4.96. The van der Waals surface area contributed by atoms with E-state index in [1.165, 1.54) is 5.75 Å². The maximum atomic E-state index is 8.94.